The Balaban J connectivity index is 1.48. The third-order valence-corrected chi connectivity index (χ3v) is 5.73. The molecule has 1 N–H and O–H groups in total. The number of carbonyl (C=O) groups excluding carboxylic acids is 1. The number of oxazole rings is 1. The number of hydrogen-bond donors (Lipinski definition) is 1. The molecule has 1 saturated heterocycles. The zero-order valence-electron chi connectivity index (χ0n) is 18.7. The Kier molecular flexibility index (Phi) is 6.83. The van der Waals surface area contributed by atoms with Crippen LogP contribution in [0.2, 0.25) is 0 Å². The lowest BCUT2D eigenvalue weighted by Gasteiger charge is -2.21. The molecule has 0 spiro atoms. The molecule has 2 fully saturated rings. The van der Waals surface area contributed by atoms with Gasteiger partial charge < -0.3 is 24.1 Å². The van der Waals surface area contributed by atoms with Crippen molar-refractivity contribution in [1.29, 1.82) is 0 Å². The number of anilines is 2. The van der Waals surface area contributed by atoms with Crippen LogP contribution in [0.5, 0.6) is 5.75 Å². The highest BCUT2D eigenvalue weighted by Crippen LogP contribution is 2.38. The van der Waals surface area contributed by atoms with Gasteiger partial charge in [0.2, 0.25) is 0 Å². The summed E-state index contributed by atoms with van der Waals surface area (Å²) in [5, 5.41) is 2.59. The molecule has 180 valence electrons. The van der Waals surface area contributed by atoms with Gasteiger partial charge in [-0.25, -0.2) is 13.2 Å². The van der Waals surface area contributed by atoms with Gasteiger partial charge in [0.1, 0.15) is 6.61 Å². The molecule has 0 bridgehead atoms. The van der Waals surface area contributed by atoms with Crippen molar-refractivity contribution in [3.63, 3.8) is 0 Å². The van der Waals surface area contributed by atoms with Gasteiger partial charge in [0.05, 0.1) is 6.10 Å². The first kappa shape index (κ1) is 23.4. The van der Waals surface area contributed by atoms with Crippen LogP contribution in [0.25, 0.3) is 0 Å². The molecule has 1 saturated carbocycles. The summed E-state index contributed by atoms with van der Waals surface area (Å²) in [6.45, 7) is 5.38. The summed E-state index contributed by atoms with van der Waals surface area (Å²) in [5.41, 5.74) is 0.202. The predicted molar refractivity (Wildman–Crippen MR) is 115 cm³/mol. The maximum absolute atomic E-state index is 14.5. The molecular weight excluding hydrogens is 439 g/mol. The summed E-state index contributed by atoms with van der Waals surface area (Å²) in [6.07, 6.45) is 0.827. The van der Waals surface area contributed by atoms with Gasteiger partial charge in [-0.15, -0.1) is 0 Å². The number of benzene rings is 1. The predicted octanol–water partition coefficient (Wildman–Crippen LogP) is 5.16. The van der Waals surface area contributed by atoms with E-state index in [1.807, 2.05) is 18.7 Å². The molecule has 2 aromatic rings. The second-order valence-electron chi connectivity index (χ2n) is 8.68. The van der Waals surface area contributed by atoms with Gasteiger partial charge in [0.15, 0.2) is 29.1 Å². The highest BCUT2D eigenvalue weighted by molar-refractivity contribution is 6.03. The van der Waals surface area contributed by atoms with Crippen molar-refractivity contribution in [2.45, 2.75) is 70.7 Å². The number of hydrogen-bond acceptors (Lipinski definition) is 6. The fourth-order valence-corrected chi connectivity index (χ4v) is 3.96. The first-order chi connectivity index (χ1) is 15.7. The van der Waals surface area contributed by atoms with E-state index in [2.05, 4.69) is 10.3 Å². The molecule has 1 aromatic heterocycles. The second-order valence-corrected chi connectivity index (χ2v) is 8.68. The van der Waals surface area contributed by atoms with Crippen molar-refractivity contribution in [3.8, 4) is 5.75 Å². The normalized spacial score (nSPS) is 19.9. The number of alkyl halides is 2. The van der Waals surface area contributed by atoms with Gasteiger partial charge in [0, 0.05) is 31.3 Å². The molecular formula is C23H28F3N3O4. The molecule has 1 atom stereocenters. The molecule has 1 aromatic carbocycles. The molecule has 10 heteroatoms. The van der Waals surface area contributed by atoms with E-state index in [0.717, 1.165) is 32.0 Å². The Hall–Kier alpha value is -2.75. The van der Waals surface area contributed by atoms with Crippen LogP contribution in [0, 0.1) is 5.82 Å². The molecule has 1 amide bonds. The monoisotopic (exact) mass is 467 g/mol. The maximum Gasteiger partial charge on any atom is 0.298 e. The lowest BCUT2D eigenvalue weighted by atomic mass is 10.2. The van der Waals surface area contributed by atoms with Gasteiger partial charge in [-0.05, 0) is 51.7 Å². The summed E-state index contributed by atoms with van der Waals surface area (Å²) in [6, 6.07) is 4.02. The van der Waals surface area contributed by atoms with Crippen LogP contribution in [0.1, 0.15) is 62.2 Å². The summed E-state index contributed by atoms with van der Waals surface area (Å²) in [7, 11) is 0. The van der Waals surface area contributed by atoms with Crippen LogP contribution in [0.3, 0.4) is 0 Å². The van der Waals surface area contributed by atoms with Crippen LogP contribution in [-0.4, -0.2) is 42.1 Å². The van der Waals surface area contributed by atoms with Gasteiger partial charge in [-0.3, -0.25) is 4.79 Å². The van der Waals surface area contributed by atoms with Gasteiger partial charge >= 0.3 is 0 Å². The summed E-state index contributed by atoms with van der Waals surface area (Å²) < 4.78 is 58.7. The minimum absolute atomic E-state index is 0.0592. The molecule has 4 rings (SSSR count). The van der Waals surface area contributed by atoms with E-state index < -0.39 is 23.8 Å². The van der Waals surface area contributed by atoms with E-state index in [-0.39, 0.29) is 48.4 Å². The zero-order valence-corrected chi connectivity index (χ0v) is 18.7. The van der Waals surface area contributed by atoms with E-state index in [1.165, 1.54) is 12.1 Å². The van der Waals surface area contributed by atoms with Crippen molar-refractivity contribution in [2.75, 3.05) is 23.3 Å². The van der Waals surface area contributed by atoms with Crippen LogP contribution in [-0.2, 0) is 11.3 Å². The third kappa shape index (κ3) is 5.43. The third-order valence-electron chi connectivity index (χ3n) is 5.73. The lowest BCUT2D eigenvalue weighted by Crippen LogP contribution is -2.32. The first-order valence-corrected chi connectivity index (χ1v) is 11.2. The largest absolute Gasteiger partial charge is 0.481 e. The van der Waals surface area contributed by atoms with Gasteiger partial charge in [-0.1, -0.05) is 0 Å². The van der Waals surface area contributed by atoms with Gasteiger partial charge in [0.25, 0.3) is 17.8 Å². The van der Waals surface area contributed by atoms with Crippen LogP contribution >= 0.6 is 0 Å². The molecule has 33 heavy (non-hydrogen) atoms. The van der Waals surface area contributed by atoms with Crippen molar-refractivity contribution in [3.05, 3.63) is 35.5 Å². The number of ether oxygens (including phenoxy) is 2. The standard InChI is InChI=1S/C23H28F3N3O4/c1-14(2)31-13-18-20(28-22(33-18)29-10-3-4-11-29)21(30)27-15-7-8-17(16(24)12-15)32-19-6-5-9-23(19,25)26/h7-8,12,14,19H,3-6,9-11,13H2,1-2H3,(H,27,30). The van der Waals surface area contributed by atoms with E-state index in [0.29, 0.717) is 12.4 Å². The summed E-state index contributed by atoms with van der Waals surface area (Å²) in [5.74, 6) is -4.39. The van der Waals surface area contributed by atoms with Gasteiger partial charge in [-0.2, -0.15) is 4.98 Å². The Morgan fingerprint density at radius 1 is 1.30 bits per heavy atom. The fourth-order valence-electron chi connectivity index (χ4n) is 3.96. The number of aromatic nitrogens is 1. The number of nitrogens with zero attached hydrogens (tertiary/aromatic N) is 2. The molecule has 1 aliphatic heterocycles. The van der Waals surface area contributed by atoms with Crippen molar-refractivity contribution < 1.29 is 31.9 Å². The number of carbonyl (C=O) groups is 1. The average molecular weight is 467 g/mol. The quantitative estimate of drug-likeness (QED) is 0.578. The number of halogens is 3. The van der Waals surface area contributed by atoms with E-state index >= 15 is 0 Å². The average Bonchev–Trinajstić information content (AvgIpc) is 3.48. The molecule has 0 radical (unpaired) electrons. The van der Waals surface area contributed by atoms with E-state index in [1.54, 1.807) is 0 Å². The first-order valence-electron chi connectivity index (χ1n) is 11.2. The molecule has 1 aliphatic carbocycles. The molecule has 2 aliphatic rings. The highest BCUT2D eigenvalue weighted by Gasteiger charge is 2.46. The minimum Gasteiger partial charge on any atom is -0.481 e. The fraction of sp³-hybridized carbons (Fsp3) is 0.565. The topological polar surface area (TPSA) is 76.8 Å². The molecule has 1 unspecified atom stereocenters. The van der Waals surface area contributed by atoms with Crippen molar-refractivity contribution in [1.82, 2.24) is 4.98 Å². The van der Waals surface area contributed by atoms with Crippen LogP contribution in [0.15, 0.2) is 22.6 Å². The number of rotatable bonds is 8. The number of amides is 1. The maximum atomic E-state index is 14.5. The van der Waals surface area contributed by atoms with E-state index in [9.17, 15) is 18.0 Å². The summed E-state index contributed by atoms with van der Waals surface area (Å²) >= 11 is 0. The molecule has 2 heterocycles. The Morgan fingerprint density at radius 2 is 2.06 bits per heavy atom. The Bertz CT molecular complexity index is 989. The van der Waals surface area contributed by atoms with Crippen molar-refractivity contribution in [2.24, 2.45) is 0 Å². The van der Waals surface area contributed by atoms with Crippen LogP contribution < -0.4 is 15.0 Å². The summed E-state index contributed by atoms with van der Waals surface area (Å²) in [4.78, 5) is 19.2. The highest BCUT2D eigenvalue weighted by atomic mass is 19.3. The minimum atomic E-state index is -2.98. The lowest BCUT2D eigenvalue weighted by molar-refractivity contribution is -0.0746. The SMILES string of the molecule is CC(C)OCc1oc(N2CCCC2)nc1C(=O)Nc1ccc(OC2CCCC2(F)F)c(F)c1. The van der Waals surface area contributed by atoms with Crippen LogP contribution in [0.4, 0.5) is 24.9 Å². The second kappa shape index (κ2) is 9.62. The smallest absolute Gasteiger partial charge is 0.298 e. The molecule has 7 nitrogen and oxygen atoms in total. The van der Waals surface area contributed by atoms with E-state index in [4.69, 9.17) is 13.9 Å². The Morgan fingerprint density at radius 3 is 2.70 bits per heavy atom. The number of nitrogens with one attached hydrogen (secondary N) is 1. The zero-order chi connectivity index (χ0) is 23.6. The van der Waals surface area contributed by atoms with Crippen molar-refractivity contribution >= 4 is 17.6 Å². The Labute approximate surface area is 190 Å².